The number of para-hydroxylation sites is 1. The van der Waals surface area contributed by atoms with Gasteiger partial charge in [-0.25, -0.2) is 4.79 Å². The smallest absolute Gasteiger partial charge is 0.324 e. The first-order valence-corrected chi connectivity index (χ1v) is 7.49. The second kappa shape index (κ2) is 5.39. The van der Waals surface area contributed by atoms with Crippen molar-refractivity contribution in [3.8, 4) is 0 Å². The number of likely N-dealkylation sites (tertiary alicyclic amines) is 1. The highest BCUT2D eigenvalue weighted by Gasteiger charge is 2.39. The Morgan fingerprint density at radius 3 is 2.71 bits per heavy atom. The third-order valence-electron chi connectivity index (χ3n) is 4.55. The number of amides is 2. The maximum atomic E-state index is 12.8. The molecule has 1 aromatic rings. The number of carbonyl (C=O) groups is 2. The number of carbonyl (C=O) groups excluding carboxylic acids is 1. The molecule has 2 heterocycles. The van der Waals surface area contributed by atoms with Crippen molar-refractivity contribution in [2.45, 2.75) is 38.1 Å². The monoisotopic (exact) mass is 288 g/mol. The summed E-state index contributed by atoms with van der Waals surface area (Å²) in [5, 5.41) is 9.37. The molecule has 0 aliphatic carbocycles. The van der Waals surface area contributed by atoms with Gasteiger partial charge in [0.05, 0.1) is 0 Å². The molecule has 21 heavy (non-hydrogen) atoms. The molecule has 2 atom stereocenters. The van der Waals surface area contributed by atoms with Gasteiger partial charge in [0.25, 0.3) is 0 Å². The lowest BCUT2D eigenvalue weighted by molar-refractivity contribution is -0.138. The van der Waals surface area contributed by atoms with Crippen LogP contribution < -0.4 is 4.90 Å². The summed E-state index contributed by atoms with van der Waals surface area (Å²) in [6, 6.07) is 7.49. The number of fused-ring (bicyclic) bond motifs is 1. The summed E-state index contributed by atoms with van der Waals surface area (Å²) >= 11 is 0. The van der Waals surface area contributed by atoms with Crippen LogP contribution in [0.15, 0.2) is 24.3 Å². The van der Waals surface area contributed by atoms with Crippen LogP contribution in [0.25, 0.3) is 0 Å². The zero-order valence-electron chi connectivity index (χ0n) is 12.2. The summed E-state index contributed by atoms with van der Waals surface area (Å²) in [6.45, 7) is 3.06. The van der Waals surface area contributed by atoms with Gasteiger partial charge in [-0.15, -0.1) is 0 Å². The van der Waals surface area contributed by atoms with Crippen molar-refractivity contribution in [2.24, 2.45) is 0 Å². The second-order valence-corrected chi connectivity index (χ2v) is 5.88. The highest BCUT2D eigenvalue weighted by Crippen LogP contribution is 2.37. The van der Waals surface area contributed by atoms with Gasteiger partial charge in [-0.3, -0.25) is 9.69 Å². The Balaban J connectivity index is 1.89. The molecule has 112 valence electrons. The summed E-state index contributed by atoms with van der Waals surface area (Å²) in [5.74, 6) is -1.49. The molecule has 5 nitrogen and oxygen atoms in total. The molecular weight excluding hydrogens is 268 g/mol. The summed E-state index contributed by atoms with van der Waals surface area (Å²) in [7, 11) is 0. The maximum absolute atomic E-state index is 12.8. The number of hydrogen-bond donors (Lipinski definition) is 1. The van der Waals surface area contributed by atoms with E-state index in [4.69, 9.17) is 0 Å². The molecule has 2 aliphatic heterocycles. The normalized spacial score (nSPS) is 24.8. The van der Waals surface area contributed by atoms with Crippen molar-refractivity contribution in [1.29, 1.82) is 0 Å². The SMILES string of the molecule is CC1CCCCN1C(=O)N1CC(C(=O)O)c2ccccc21. The number of carboxylic acid groups (broad SMARTS) is 1. The fraction of sp³-hybridized carbons (Fsp3) is 0.500. The zero-order chi connectivity index (χ0) is 15.0. The Kier molecular flexibility index (Phi) is 3.57. The van der Waals surface area contributed by atoms with Crippen LogP contribution in [-0.4, -0.2) is 41.1 Å². The maximum Gasteiger partial charge on any atom is 0.324 e. The first-order chi connectivity index (χ1) is 10.1. The molecule has 0 spiro atoms. The summed E-state index contributed by atoms with van der Waals surface area (Å²) in [4.78, 5) is 27.7. The van der Waals surface area contributed by atoms with Crippen LogP contribution in [0.2, 0.25) is 0 Å². The number of nitrogens with zero attached hydrogens (tertiary/aromatic N) is 2. The van der Waals surface area contributed by atoms with Crippen molar-refractivity contribution in [3.63, 3.8) is 0 Å². The van der Waals surface area contributed by atoms with E-state index in [0.717, 1.165) is 37.1 Å². The van der Waals surface area contributed by atoms with E-state index in [9.17, 15) is 14.7 Å². The van der Waals surface area contributed by atoms with E-state index >= 15 is 0 Å². The minimum Gasteiger partial charge on any atom is -0.481 e. The molecule has 2 unspecified atom stereocenters. The van der Waals surface area contributed by atoms with E-state index < -0.39 is 11.9 Å². The van der Waals surface area contributed by atoms with E-state index in [-0.39, 0.29) is 18.6 Å². The van der Waals surface area contributed by atoms with Crippen molar-refractivity contribution in [3.05, 3.63) is 29.8 Å². The van der Waals surface area contributed by atoms with E-state index in [2.05, 4.69) is 6.92 Å². The van der Waals surface area contributed by atoms with Gasteiger partial charge >= 0.3 is 12.0 Å². The molecule has 0 bridgehead atoms. The van der Waals surface area contributed by atoms with Crippen LogP contribution in [0.5, 0.6) is 0 Å². The largest absolute Gasteiger partial charge is 0.481 e. The first-order valence-electron chi connectivity index (χ1n) is 7.49. The van der Waals surface area contributed by atoms with E-state index in [1.807, 2.05) is 23.1 Å². The van der Waals surface area contributed by atoms with Gasteiger partial charge in [0.2, 0.25) is 0 Å². The van der Waals surface area contributed by atoms with Gasteiger partial charge in [0.1, 0.15) is 5.92 Å². The summed E-state index contributed by atoms with van der Waals surface area (Å²) in [5.41, 5.74) is 1.48. The number of rotatable bonds is 1. The number of aliphatic carboxylic acids is 1. The van der Waals surface area contributed by atoms with Crippen LogP contribution in [0.3, 0.4) is 0 Å². The average Bonchev–Trinajstić information content (AvgIpc) is 2.87. The molecule has 5 heteroatoms. The Hall–Kier alpha value is -2.04. The fourth-order valence-electron chi connectivity index (χ4n) is 3.34. The fourth-order valence-corrected chi connectivity index (χ4v) is 3.34. The molecular formula is C16H20N2O3. The second-order valence-electron chi connectivity index (χ2n) is 5.88. The lowest BCUT2D eigenvalue weighted by atomic mass is 10.0. The van der Waals surface area contributed by atoms with Crippen LogP contribution in [0, 0.1) is 0 Å². The number of carboxylic acids is 1. The third kappa shape index (κ3) is 2.37. The van der Waals surface area contributed by atoms with Gasteiger partial charge in [0.15, 0.2) is 0 Å². The lowest BCUT2D eigenvalue weighted by Crippen LogP contribution is -2.49. The first kappa shape index (κ1) is 13.9. The molecule has 2 amide bonds. The number of anilines is 1. The van der Waals surface area contributed by atoms with Crippen LogP contribution in [0.4, 0.5) is 10.5 Å². The number of urea groups is 1. The predicted octanol–water partition coefficient (Wildman–Crippen LogP) is 2.67. The molecule has 0 saturated carbocycles. The highest BCUT2D eigenvalue weighted by atomic mass is 16.4. The van der Waals surface area contributed by atoms with Gasteiger partial charge in [0, 0.05) is 24.8 Å². The number of benzene rings is 1. The van der Waals surface area contributed by atoms with Crippen molar-refractivity contribution >= 4 is 17.7 Å². The van der Waals surface area contributed by atoms with Gasteiger partial charge in [-0.1, -0.05) is 18.2 Å². The van der Waals surface area contributed by atoms with E-state index in [0.29, 0.717) is 0 Å². The highest BCUT2D eigenvalue weighted by molar-refractivity contribution is 5.98. The van der Waals surface area contributed by atoms with Crippen LogP contribution >= 0.6 is 0 Å². The lowest BCUT2D eigenvalue weighted by Gasteiger charge is -2.36. The summed E-state index contributed by atoms with van der Waals surface area (Å²) < 4.78 is 0. The van der Waals surface area contributed by atoms with E-state index in [1.165, 1.54) is 0 Å². The Morgan fingerprint density at radius 1 is 1.24 bits per heavy atom. The van der Waals surface area contributed by atoms with Gasteiger partial charge in [-0.2, -0.15) is 0 Å². The third-order valence-corrected chi connectivity index (χ3v) is 4.55. The molecule has 1 aromatic carbocycles. The number of piperidine rings is 1. The van der Waals surface area contributed by atoms with Gasteiger partial charge in [-0.05, 0) is 37.8 Å². The number of hydrogen-bond acceptors (Lipinski definition) is 2. The molecule has 1 saturated heterocycles. The van der Waals surface area contributed by atoms with Crippen molar-refractivity contribution in [1.82, 2.24) is 4.90 Å². The van der Waals surface area contributed by atoms with Crippen molar-refractivity contribution < 1.29 is 14.7 Å². The molecule has 0 radical (unpaired) electrons. The molecule has 0 aromatic heterocycles. The molecule has 2 aliphatic rings. The van der Waals surface area contributed by atoms with Crippen molar-refractivity contribution in [2.75, 3.05) is 18.0 Å². The van der Waals surface area contributed by atoms with Crippen LogP contribution in [0.1, 0.15) is 37.7 Å². The Bertz CT molecular complexity index is 572. The predicted molar refractivity (Wildman–Crippen MR) is 79.6 cm³/mol. The quantitative estimate of drug-likeness (QED) is 0.864. The topological polar surface area (TPSA) is 60.9 Å². The molecule has 3 rings (SSSR count). The van der Waals surface area contributed by atoms with Crippen LogP contribution in [-0.2, 0) is 4.79 Å². The standard InChI is InChI=1S/C16H20N2O3/c1-11-6-4-5-9-17(11)16(21)18-10-13(15(19)20)12-7-2-3-8-14(12)18/h2-3,7-8,11,13H,4-6,9-10H2,1H3,(H,19,20). The average molecular weight is 288 g/mol. The van der Waals surface area contributed by atoms with E-state index in [1.54, 1.807) is 11.0 Å². The molecule has 1 fully saturated rings. The zero-order valence-corrected chi connectivity index (χ0v) is 12.2. The summed E-state index contributed by atoms with van der Waals surface area (Å²) in [6.07, 6.45) is 3.19. The minimum atomic E-state index is -0.871. The Labute approximate surface area is 124 Å². The molecule has 1 N–H and O–H groups in total. The van der Waals surface area contributed by atoms with Gasteiger partial charge < -0.3 is 10.0 Å². The Morgan fingerprint density at radius 2 is 2.00 bits per heavy atom. The minimum absolute atomic E-state index is 0.0570.